The van der Waals surface area contributed by atoms with Gasteiger partial charge in [-0.3, -0.25) is 9.10 Å². The van der Waals surface area contributed by atoms with Gasteiger partial charge >= 0.3 is 0 Å². The summed E-state index contributed by atoms with van der Waals surface area (Å²) in [6.45, 7) is 1.91. The van der Waals surface area contributed by atoms with E-state index in [9.17, 15) is 13.2 Å². The third-order valence-electron chi connectivity index (χ3n) is 4.59. The number of nitrogens with one attached hydrogen (secondary N) is 1. The molecule has 1 amide bonds. The smallest absolute Gasteiger partial charge is 0.264 e. The van der Waals surface area contributed by atoms with Crippen LogP contribution >= 0.6 is 0 Å². The fourth-order valence-electron chi connectivity index (χ4n) is 2.86. The highest BCUT2D eigenvalue weighted by atomic mass is 32.2. The highest BCUT2D eigenvalue weighted by Crippen LogP contribution is 2.24. The maximum Gasteiger partial charge on any atom is 0.264 e. The molecule has 0 saturated heterocycles. The van der Waals surface area contributed by atoms with E-state index >= 15 is 0 Å². The zero-order chi connectivity index (χ0) is 21.6. The molecule has 0 heterocycles. The second-order valence-corrected chi connectivity index (χ2v) is 8.64. The number of carbonyl (C=O) groups is 1. The topological polar surface area (TPSA) is 75.7 Å². The summed E-state index contributed by atoms with van der Waals surface area (Å²) in [6.07, 6.45) is 0.890. The molecule has 0 aliphatic heterocycles. The van der Waals surface area contributed by atoms with E-state index in [0.717, 1.165) is 17.7 Å². The van der Waals surface area contributed by atoms with Gasteiger partial charge in [0.1, 0.15) is 5.75 Å². The van der Waals surface area contributed by atoms with Crippen molar-refractivity contribution in [2.75, 3.05) is 23.3 Å². The Labute approximate surface area is 177 Å². The average Bonchev–Trinajstić information content (AvgIpc) is 2.78. The van der Waals surface area contributed by atoms with Crippen LogP contribution in [-0.2, 0) is 21.2 Å². The highest BCUT2D eigenvalue weighted by Gasteiger charge is 2.20. The van der Waals surface area contributed by atoms with E-state index in [1.54, 1.807) is 54.6 Å². The number of anilines is 2. The van der Waals surface area contributed by atoms with E-state index in [1.807, 2.05) is 24.3 Å². The van der Waals surface area contributed by atoms with Crippen LogP contribution in [0.3, 0.4) is 0 Å². The standard InChI is InChI=1S/C23H24N2O4S/c1-3-18-8-7-9-19(16-18)24-23(26)17-29-21-14-12-20(13-15-21)25(2)30(27,28)22-10-5-4-6-11-22/h4-16H,3,17H2,1-2H3,(H,24,26). The molecule has 0 saturated carbocycles. The summed E-state index contributed by atoms with van der Waals surface area (Å²) in [5.74, 6) is 0.206. The maximum absolute atomic E-state index is 12.7. The lowest BCUT2D eigenvalue weighted by Gasteiger charge is -2.19. The van der Waals surface area contributed by atoms with Crippen LogP contribution in [0.1, 0.15) is 12.5 Å². The van der Waals surface area contributed by atoms with Gasteiger partial charge in [-0.15, -0.1) is 0 Å². The molecule has 0 atom stereocenters. The number of hydrogen-bond acceptors (Lipinski definition) is 4. The van der Waals surface area contributed by atoms with Gasteiger partial charge < -0.3 is 10.1 Å². The van der Waals surface area contributed by atoms with Crippen LogP contribution in [0.2, 0.25) is 0 Å². The van der Waals surface area contributed by atoms with Crippen LogP contribution in [0.4, 0.5) is 11.4 Å². The van der Waals surface area contributed by atoms with Crippen molar-refractivity contribution in [3.8, 4) is 5.75 Å². The molecule has 1 N–H and O–H groups in total. The first kappa shape index (κ1) is 21.4. The molecule has 0 aliphatic carbocycles. The van der Waals surface area contributed by atoms with Crippen LogP contribution < -0.4 is 14.4 Å². The predicted molar refractivity (Wildman–Crippen MR) is 118 cm³/mol. The lowest BCUT2D eigenvalue weighted by atomic mass is 10.1. The molecule has 0 radical (unpaired) electrons. The molecule has 0 unspecified atom stereocenters. The van der Waals surface area contributed by atoms with E-state index in [2.05, 4.69) is 12.2 Å². The fraction of sp³-hybridized carbons (Fsp3) is 0.174. The number of nitrogens with zero attached hydrogens (tertiary/aromatic N) is 1. The number of hydrogen-bond donors (Lipinski definition) is 1. The van der Waals surface area contributed by atoms with Crippen LogP contribution in [0.25, 0.3) is 0 Å². The molecule has 3 rings (SSSR count). The Bertz CT molecular complexity index is 1100. The lowest BCUT2D eigenvalue weighted by molar-refractivity contribution is -0.118. The molecule has 0 bridgehead atoms. The lowest BCUT2D eigenvalue weighted by Crippen LogP contribution is -2.26. The number of benzene rings is 3. The number of sulfonamides is 1. The van der Waals surface area contributed by atoms with Crippen LogP contribution in [0, 0.1) is 0 Å². The summed E-state index contributed by atoms with van der Waals surface area (Å²) in [6, 6.07) is 22.4. The van der Waals surface area contributed by atoms with E-state index in [1.165, 1.54) is 11.4 Å². The molecule has 0 fully saturated rings. The SMILES string of the molecule is CCc1cccc(NC(=O)COc2ccc(N(C)S(=O)(=O)c3ccccc3)cc2)c1. The van der Waals surface area contributed by atoms with Gasteiger partial charge in [-0.05, 0) is 60.5 Å². The van der Waals surface area contributed by atoms with Gasteiger partial charge in [-0.25, -0.2) is 8.42 Å². The van der Waals surface area contributed by atoms with Crippen molar-refractivity contribution >= 4 is 27.3 Å². The predicted octanol–water partition coefficient (Wildman–Crippen LogP) is 4.09. The minimum atomic E-state index is -3.64. The Morgan fingerprint density at radius 3 is 2.33 bits per heavy atom. The Hall–Kier alpha value is -3.32. The molecule has 7 heteroatoms. The molecule has 0 aromatic heterocycles. The molecule has 3 aromatic carbocycles. The summed E-state index contributed by atoms with van der Waals surface area (Å²) in [5, 5.41) is 2.80. The van der Waals surface area contributed by atoms with Crippen molar-refractivity contribution < 1.29 is 17.9 Å². The minimum absolute atomic E-state index is 0.145. The van der Waals surface area contributed by atoms with Crippen molar-refractivity contribution in [1.82, 2.24) is 0 Å². The van der Waals surface area contributed by atoms with Crippen LogP contribution in [0.5, 0.6) is 5.75 Å². The van der Waals surface area contributed by atoms with Crippen LogP contribution in [0.15, 0.2) is 83.8 Å². The van der Waals surface area contributed by atoms with Gasteiger partial charge in [0.25, 0.3) is 15.9 Å². The zero-order valence-electron chi connectivity index (χ0n) is 16.9. The summed E-state index contributed by atoms with van der Waals surface area (Å²) in [4.78, 5) is 12.3. The van der Waals surface area contributed by atoms with Gasteiger partial charge in [0.05, 0.1) is 10.6 Å². The van der Waals surface area contributed by atoms with E-state index in [4.69, 9.17) is 4.74 Å². The van der Waals surface area contributed by atoms with Crippen molar-refractivity contribution in [2.24, 2.45) is 0 Å². The van der Waals surface area contributed by atoms with Gasteiger partial charge in [0.2, 0.25) is 0 Å². The average molecular weight is 425 g/mol. The number of ether oxygens (including phenoxy) is 1. The number of amides is 1. The Morgan fingerprint density at radius 1 is 0.967 bits per heavy atom. The fourth-order valence-corrected chi connectivity index (χ4v) is 4.07. The van der Waals surface area contributed by atoms with Crippen molar-refractivity contribution in [1.29, 1.82) is 0 Å². The van der Waals surface area contributed by atoms with Crippen molar-refractivity contribution in [3.63, 3.8) is 0 Å². The molecule has 3 aromatic rings. The van der Waals surface area contributed by atoms with Crippen molar-refractivity contribution in [3.05, 3.63) is 84.4 Å². The second kappa shape index (κ2) is 9.45. The molecule has 30 heavy (non-hydrogen) atoms. The van der Waals surface area contributed by atoms with Gasteiger partial charge in [0, 0.05) is 12.7 Å². The molecular weight excluding hydrogens is 400 g/mol. The molecule has 0 spiro atoms. The maximum atomic E-state index is 12.7. The summed E-state index contributed by atoms with van der Waals surface area (Å²) in [5.41, 5.74) is 2.36. The van der Waals surface area contributed by atoms with Gasteiger partial charge in [-0.1, -0.05) is 37.3 Å². The first-order chi connectivity index (χ1) is 14.4. The molecular formula is C23H24N2O4S. The third-order valence-corrected chi connectivity index (χ3v) is 6.39. The quantitative estimate of drug-likeness (QED) is 0.591. The zero-order valence-corrected chi connectivity index (χ0v) is 17.7. The van der Waals surface area contributed by atoms with Gasteiger partial charge in [-0.2, -0.15) is 0 Å². The first-order valence-electron chi connectivity index (χ1n) is 9.56. The Balaban J connectivity index is 1.59. The molecule has 156 valence electrons. The summed E-state index contributed by atoms with van der Waals surface area (Å²) in [7, 11) is -2.15. The Kier molecular flexibility index (Phi) is 6.74. The molecule has 6 nitrogen and oxygen atoms in total. The Morgan fingerprint density at radius 2 is 1.67 bits per heavy atom. The van der Waals surface area contributed by atoms with E-state index in [-0.39, 0.29) is 17.4 Å². The highest BCUT2D eigenvalue weighted by molar-refractivity contribution is 7.92. The monoisotopic (exact) mass is 424 g/mol. The third kappa shape index (κ3) is 5.18. The van der Waals surface area contributed by atoms with Gasteiger partial charge in [0.15, 0.2) is 6.61 Å². The largest absolute Gasteiger partial charge is 0.484 e. The number of aryl methyl sites for hydroxylation is 1. The normalized spacial score (nSPS) is 11.0. The minimum Gasteiger partial charge on any atom is -0.484 e. The van der Waals surface area contributed by atoms with E-state index in [0.29, 0.717) is 11.4 Å². The number of rotatable bonds is 8. The first-order valence-corrected chi connectivity index (χ1v) is 11.0. The summed E-state index contributed by atoms with van der Waals surface area (Å²) >= 11 is 0. The second-order valence-electron chi connectivity index (χ2n) is 6.67. The summed E-state index contributed by atoms with van der Waals surface area (Å²) < 4.78 is 32.1. The number of carbonyl (C=O) groups excluding carboxylic acids is 1. The van der Waals surface area contributed by atoms with Crippen molar-refractivity contribution in [2.45, 2.75) is 18.2 Å². The van der Waals surface area contributed by atoms with E-state index < -0.39 is 10.0 Å². The van der Waals surface area contributed by atoms with Crippen LogP contribution in [-0.4, -0.2) is 28.0 Å². The molecule has 0 aliphatic rings.